The molecule has 0 aliphatic heterocycles. The maximum atomic E-state index is 13.2. The number of halogens is 1. The number of ether oxygens (including phenoxy) is 1. The van der Waals surface area contributed by atoms with Crippen molar-refractivity contribution in [3.05, 3.63) is 35.1 Å². The normalized spacial score (nSPS) is 14.6. The van der Waals surface area contributed by atoms with E-state index in [1.54, 1.807) is 13.2 Å². The van der Waals surface area contributed by atoms with Crippen molar-refractivity contribution >= 4 is 0 Å². The average Bonchev–Trinajstić information content (AvgIpc) is 2.32. The van der Waals surface area contributed by atoms with E-state index in [-0.39, 0.29) is 18.0 Å². The van der Waals surface area contributed by atoms with Crippen LogP contribution in [-0.2, 0) is 11.2 Å². The Kier molecular flexibility index (Phi) is 5.59. The number of aryl methyl sites for hydroxylation is 1. The number of likely N-dealkylation sites (N-methyl/N-ethyl adjacent to an activating group) is 1. The van der Waals surface area contributed by atoms with Crippen LogP contribution in [0.4, 0.5) is 4.39 Å². The van der Waals surface area contributed by atoms with Crippen LogP contribution in [0.1, 0.15) is 25.0 Å². The molecule has 1 N–H and O–H groups in total. The minimum Gasteiger partial charge on any atom is -0.380 e. The number of methoxy groups -OCH3 is 1. The van der Waals surface area contributed by atoms with Crippen LogP contribution in [0.5, 0.6) is 0 Å². The second kappa shape index (κ2) is 6.72. The van der Waals surface area contributed by atoms with Crippen LogP contribution >= 0.6 is 0 Å². The van der Waals surface area contributed by atoms with E-state index in [1.807, 2.05) is 19.9 Å². The van der Waals surface area contributed by atoms with Gasteiger partial charge in [-0.2, -0.15) is 0 Å². The van der Waals surface area contributed by atoms with E-state index in [4.69, 9.17) is 4.74 Å². The average molecular weight is 239 g/mol. The van der Waals surface area contributed by atoms with E-state index >= 15 is 0 Å². The number of hydrogen-bond donors (Lipinski definition) is 1. The molecule has 0 aliphatic rings. The summed E-state index contributed by atoms with van der Waals surface area (Å²) in [5.41, 5.74) is 2.16. The maximum Gasteiger partial charge on any atom is 0.123 e. The van der Waals surface area contributed by atoms with E-state index in [1.165, 1.54) is 6.07 Å². The molecule has 3 heteroatoms. The van der Waals surface area contributed by atoms with Crippen LogP contribution in [-0.4, -0.2) is 25.8 Å². The van der Waals surface area contributed by atoms with Crippen molar-refractivity contribution in [1.29, 1.82) is 0 Å². The molecular weight excluding hydrogens is 217 g/mol. The van der Waals surface area contributed by atoms with Gasteiger partial charge in [-0.3, -0.25) is 0 Å². The van der Waals surface area contributed by atoms with Crippen LogP contribution < -0.4 is 5.32 Å². The molecule has 2 unspecified atom stereocenters. The highest BCUT2D eigenvalue weighted by Crippen LogP contribution is 2.14. The van der Waals surface area contributed by atoms with Crippen LogP contribution in [0.25, 0.3) is 0 Å². The fraction of sp³-hybridized carbons (Fsp3) is 0.571. The molecule has 0 bridgehead atoms. The Morgan fingerprint density at radius 3 is 2.71 bits per heavy atom. The predicted molar refractivity (Wildman–Crippen MR) is 68.8 cm³/mol. The van der Waals surface area contributed by atoms with E-state index in [0.29, 0.717) is 0 Å². The van der Waals surface area contributed by atoms with E-state index in [0.717, 1.165) is 24.1 Å². The molecule has 17 heavy (non-hydrogen) atoms. The maximum absolute atomic E-state index is 13.2. The second-order valence-electron chi connectivity index (χ2n) is 4.38. The topological polar surface area (TPSA) is 21.3 Å². The summed E-state index contributed by atoms with van der Waals surface area (Å²) in [6, 6.07) is 5.15. The lowest BCUT2D eigenvalue weighted by Gasteiger charge is -2.24. The molecule has 96 valence electrons. The van der Waals surface area contributed by atoms with Gasteiger partial charge in [-0.15, -0.1) is 0 Å². The molecule has 1 aromatic carbocycles. The zero-order valence-corrected chi connectivity index (χ0v) is 11.1. The summed E-state index contributed by atoms with van der Waals surface area (Å²) in [5, 5.41) is 3.38. The van der Waals surface area contributed by atoms with Crippen LogP contribution in [0.2, 0.25) is 0 Å². The zero-order valence-electron chi connectivity index (χ0n) is 11.1. The van der Waals surface area contributed by atoms with Gasteiger partial charge in [0.05, 0.1) is 6.10 Å². The highest BCUT2D eigenvalue weighted by atomic mass is 19.1. The number of nitrogens with one attached hydrogen (secondary N) is 1. The summed E-state index contributed by atoms with van der Waals surface area (Å²) in [6.07, 6.45) is 0.893. The first kappa shape index (κ1) is 14.1. The molecule has 1 aromatic rings. The molecule has 2 atom stereocenters. The van der Waals surface area contributed by atoms with Gasteiger partial charge >= 0.3 is 0 Å². The van der Waals surface area contributed by atoms with E-state index in [2.05, 4.69) is 12.2 Å². The Morgan fingerprint density at radius 1 is 1.41 bits per heavy atom. The summed E-state index contributed by atoms with van der Waals surface area (Å²) in [7, 11) is 1.70. The number of hydrogen-bond acceptors (Lipinski definition) is 2. The first-order chi connectivity index (χ1) is 8.08. The Labute approximate surface area is 103 Å². The number of benzene rings is 1. The van der Waals surface area contributed by atoms with Gasteiger partial charge in [-0.1, -0.05) is 13.0 Å². The largest absolute Gasteiger partial charge is 0.380 e. The van der Waals surface area contributed by atoms with Gasteiger partial charge < -0.3 is 10.1 Å². The van der Waals surface area contributed by atoms with Gasteiger partial charge in [0, 0.05) is 13.2 Å². The summed E-state index contributed by atoms with van der Waals surface area (Å²) in [5.74, 6) is -0.175. The van der Waals surface area contributed by atoms with Gasteiger partial charge in [-0.25, -0.2) is 4.39 Å². The quantitative estimate of drug-likeness (QED) is 0.824. The lowest BCUT2D eigenvalue weighted by molar-refractivity contribution is 0.0835. The second-order valence-corrected chi connectivity index (χ2v) is 4.38. The lowest BCUT2D eigenvalue weighted by atomic mass is 9.98. The van der Waals surface area contributed by atoms with Gasteiger partial charge in [-0.05, 0) is 50.1 Å². The summed E-state index contributed by atoms with van der Waals surface area (Å²) < 4.78 is 18.6. The Bertz CT molecular complexity index is 354. The van der Waals surface area contributed by atoms with Crippen molar-refractivity contribution in [2.75, 3.05) is 13.7 Å². The molecule has 0 spiro atoms. The minimum atomic E-state index is -0.175. The fourth-order valence-electron chi connectivity index (χ4n) is 1.93. The molecule has 0 aromatic heterocycles. The molecule has 0 saturated heterocycles. The third-order valence-electron chi connectivity index (χ3n) is 3.16. The highest BCUT2D eigenvalue weighted by molar-refractivity contribution is 5.27. The SMILES string of the molecule is CCNC(Cc1cc(F)ccc1C)C(C)OC. The third-order valence-corrected chi connectivity index (χ3v) is 3.16. The molecule has 0 radical (unpaired) electrons. The zero-order chi connectivity index (χ0) is 12.8. The molecule has 0 fully saturated rings. The monoisotopic (exact) mass is 239 g/mol. The van der Waals surface area contributed by atoms with Crippen LogP contribution in [0.15, 0.2) is 18.2 Å². The summed E-state index contributed by atoms with van der Waals surface area (Å²) in [6.45, 7) is 6.98. The standard InChI is InChI=1S/C14H22FNO/c1-5-16-14(11(3)17-4)9-12-8-13(15)7-6-10(12)2/h6-8,11,14,16H,5,9H2,1-4H3. The molecule has 0 amide bonds. The Morgan fingerprint density at radius 2 is 2.12 bits per heavy atom. The number of rotatable bonds is 6. The van der Waals surface area contributed by atoms with Crippen LogP contribution in [0, 0.1) is 12.7 Å². The van der Waals surface area contributed by atoms with Gasteiger partial charge in [0.15, 0.2) is 0 Å². The summed E-state index contributed by atoms with van der Waals surface area (Å²) >= 11 is 0. The van der Waals surface area contributed by atoms with Crippen molar-refractivity contribution in [3.63, 3.8) is 0 Å². The lowest BCUT2D eigenvalue weighted by Crippen LogP contribution is -2.41. The first-order valence-corrected chi connectivity index (χ1v) is 6.09. The minimum absolute atomic E-state index is 0.109. The van der Waals surface area contributed by atoms with Crippen molar-refractivity contribution in [3.8, 4) is 0 Å². The molecule has 0 heterocycles. The summed E-state index contributed by atoms with van der Waals surface area (Å²) in [4.78, 5) is 0. The van der Waals surface area contributed by atoms with E-state index in [9.17, 15) is 4.39 Å². The van der Waals surface area contributed by atoms with Gasteiger partial charge in [0.2, 0.25) is 0 Å². The third kappa shape index (κ3) is 4.10. The molecule has 1 rings (SSSR count). The smallest absolute Gasteiger partial charge is 0.123 e. The molecule has 2 nitrogen and oxygen atoms in total. The van der Waals surface area contributed by atoms with Crippen LogP contribution in [0.3, 0.4) is 0 Å². The van der Waals surface area contributed by atoms with E-state index < -0.39 is 0 Å². The molecule has 0 saturated carbocycles. The Balaban J connectivity index is 2.81. The molecule has 0 aliphatic carbocycles. The highest BCUT2D eigenvalue weighted by Gasteiger charge is 2.17. The van der Waals surface area contributed by atoms with Gasteiger partial charge in [0.25, 0.3) is 0 Å². The fourth-order valence-corrected chi connectivity index (χ4v) is 1.93. The van der Waals surface area contributed by atoms with Crippen molar-refractivity contribution in [2.24, 2.45) is 0 Å². The molecular formula is C14H22FNO. The Hall–Kier alpha value is -0.930. The predicted octanol–water partition coefficient (Wildman–Crippen LogP) is 2.69. The first-order valence-electron chi connectivity index (χ1n) is 6.09. The van der Waals surface area contributed by atoms with Crippen molar-refractivity contribution < 1.29 is 9.13 Å². The van der Waals surface area contributed by atoms with Crippen molar-refractivity contribution in [2.45, 2.75) is 39.3 Å². The van der Waals surface area contributed by atoms with Gasteiger partial charge in [0.1, 0.15) is 5.82 Å². The van der Waals surface area contributed by atoms with Crippen molar-refractivity contribution in [1.82, 2.24) is 5.32 Å².